The number of aromatic nitrogens is 2. The monoisotopic (exact) mass is 456 g/mol. The van der Waals surface area contributed by atoms with E-state index in [0.29, 0.717) is 23.8 Å². The van der Waals surface area contributed by atoms with Crippen LogP contribution in [-0.4, -0.2) is 28.7 Å². The summed E-state index contributed by atoms with van der Waals surface area (Å²) in [7, 11) is 1.60. The second-order valence-corrected chi connectivity index (χ2v) is 8.21. The Morgan fingerprint density at radius 2 is 1.88 bits per heavy atom. The van der Waals surface area contributed by atoms with E-state index in [1.54, 1.807) is 18.6 Å². The van der Waals surface area contributed by atoms with E-state index >= 15 is 0 Å². The number of nitrogens with zero attached hydrogens (tertiary/aromatic N) is 2. The number of nitrogens with two attached hydrogens (primary N) is 1. The molecular weight excluding hydrogens is 424 g/mol. The number of carbonyl (C=O) groups is 2. The van der Waals surface area contributed by atoms with Gasteiger partial charge in [0.15, 0.2) is 16.8 Å². The second kappa shape index (κ2) is 14.1. The molecule has 3 rings (SSSR count). The summed E-state index contributed by atoms with van der Waals surface area (Å²) in [6.45, 7) is 1.93. The van der Waals surface area contributed by atoms with Gasteiger partial charge >= 0.3 is 0 Å². The number of rotatable bonds is 11. The highest BCUT2D eigenvalue weighted by molar-refractivity contribution is 7.13. The lowest BCUT2D eigenvalue weighted by molar-refractivity contribution is -0.120. The third-order valence-electron chi connectivity index (χ3n) is 4.79. The van der Waals surface area contributed by atoms with Crippen LogP contribution in [0.15, 0.2) is 46.3 Å². The number of aryl methyl sites for hydroxylation is 1. The molecular formula is C24H32N4O3S. The van der Waals surface area contributed by atoms with Crippen molar-refractivity contribution in [2.75, 3.05) is 12.8 Å². The molecule has 3 N–H and O–H groups in total. The topological polar surface area (TPSA) is 111 Å². The Bertz CT molecular complexity index is 953. The molecule has 0 saturated heterocycles. The van der Waals surface area contributed by atoms with Crippen LogP contribution >= 0.6 is 11.3 Å². The van der Waals surface area contributed by atoms with Crippen LogP contribution in [0.2, 0.25) is 0 Å². The number of oxazole rings is 1. The summed E-state index contributed by atoms with van der Waals surface area (Å²) >= 11 is 1.34. The Morgan fingerprint density at radius 1 is 1.12 bits per heavy atom. The van der Waals surface area contributed by atoms with Crippen LogP contribution in [0, 0.1) is 0 Å². The standard InChI is InChI=1S/C18H23NO2.C6H9N3OS/c1-2-16(20)12-8-3-4-9-13-18-19-14-17(21-18)15-10-6-5-7-11-15;1-8-5(10)2-4-3-11-6(7)9-4/h5-7,10-11,14H,2-4,8-9,12-13H2,1H3;3H,2H2,1H3,(H2,7,9)(H,8,10). The number of benzene rings is 1. The fraction of sp³-hybridized carbons (Fsp3) is 0.417. The highest BCUT2D eigenvalue weighted by Crippen LogP contribution is 2.20. The number of carbonyl (C=O) groups excluding carboxylic acids is 2. The molecule has 7 nitrogen and oxygen atoms in total. The van der Waals surface area contributed by atoms with Crippen LogP contribution in [0.1, 0.15) is 57.0 Å². The predicted octanol–water partition coefficient (Wildman–Crippen LogP) is 4.83. The van der Waals surface area contributed by atoms with Gasteiger partial charge in [0.05, 0.1) is 18.3 Å². The molecule has 1 amide bonds. The van der Waals surface area contributed by atoms with Crippen molar-refractivity contribution in [2.45, 2.75) is 58.3 Å². The van der Waals surface area contributed by atoms with Gasteiger partial charge in [-0.15, -0.1) is 11.3 Å². The quantitative estimate of drug-likeness (QED) is 0.400. The number of thiazole rings is 1. The molecule has 0 aliphatic heterocycles. The summed E-state index contributed by atoms with van der Waals surface area (Å²) in [6, 6.07) is 10.0. The van der Waals surface area contributed by atoms with Gasteiger partial charge in [-0.2, -0.15) is 0 Å². The smallest absolute Gasteiger partial charge is 0.225 e. The number of ketones is 1. The minimum atomic E-state index is -0.0460. The number of unbranched alkanes of at least 4 members (excludes halogenated alkanes) is 3. The number of likely N-dealkylation sites (N-methyl/N-ethyl adjacent to an activating group) is 1. The number of Topliss-reactive ketones (excluding diaryl/α,β-unsaturated/α-hetero) is 1. The van der Waals surface area contributed by atoms with E-state index in [2.05, 4.69) is 15.3 Å². The molecule has 3 aromatic rings. The van der Waals surface area contributed by atoms with Crippen LogP contribution < -0.4 is 11.1 Å². The zero-order valence-corrected chi connectivity index (χ0v) is 19.6. The number of hydrogen-bond acceptors (Lipinski definition) is 7. The van der Waals surface area contributed by atoms with Crippen molar-refractivity contribution >= 4 is 28.2 Å². The molecule has 0 aliphatic carbocycles. The lowest BCUT2D eigenvalue weighted by Gasteiger charge is -1.99. The Balaban J connectivity index is 0.000000278. The SMILES string of the molecule is CCC(=O)CCCCCCc1ncc(-c2ccccc2)o1.CNC(=O)Cc1csc(N)n1. The van der Waals surface area contributed by atoms with Crippen LogP contribution in [0.4, 0.5) is 5.13 Å². The van der Waals surface area contributed by atoms with Gasteiger partial charge < -0.3 is 15.5 Å². The molecule has 0 bridgehead atoms. The molecule has 0 spiro atoms. The number of hydrogen-bond donors (Lipinski definition) is 2. The van der Waals surface area contributed by atoms with Gasteiger partial charge in [0.2, 0.25) is 5.91 Å². The Hall–Kier alpha value is -3.00. The first-order chi connectivity index (χ1) is 15.5. The fourth-order valence-corrected chi connectivity index (χ4v) is 3.51. The average Bonchev–Trinajstić information content (AvgIpc) is 3.45. The molecule has 0 aliphatic rings. The molecule has 0 atom stereocenters. The molecule has 0 saturated carbocycles. The molecule has 2 heterocycles. The zero-order valence-electron chi connectivity index (χ0n) is 18.8. The van der Waals surface area contributed by atoms with E-state index in [1.165, 1.54) is 11.3 Å². The predicted molar refractivity (Wildman–Crippen MR) is 128 cm³/mol. The van der Waals surface area contributed by atoms with Gasteiger partial charge in [0, 0.05) is 37.3 Å². The van der Waals surface area contributed by atoms with E-state index < -0.39 is 0 Å². The lowest BCUT2D eigenvalue weighted by Crippen LogP contribution is -2.20. The van der Waals surface area contributed by atoms with E-state index in [4.69, 9.17) is 10.2 Å². The summed E-state index contributed by atoms with van der Waals surface area (Å²) in [5.41, 5.74) is 7.16. The summed E-state index contributed by atoms with van der Waals surface area (Å²) in [5.74, 6) is 1.96. The lowest BCUT2D eigenvalue weighted by atomic mass is 10.1. The fourth-order valence-electron chi connectivity index (χ4n) is 2.95. The van der Waals surface area contributed by atoms with E-state index in [-0.39, 0.29) is 5.91 Å². The average molecular weight is 457 g/mol. The number of nitrogens with one attached hydrogen (secondary N) is 1. The van der Waals surface area contributed by atoms with Gasteiger partial charge in [-0.1, -0.05) is 50.1 Å². The number of nitrogen functional groups attached to an aromatic ring is 1. The minimum Gasteiger partial charge on any atom is -0.441 e. The summed E-state index contributed by atoms with van der Waals surface area (Å²) in [6.07, 6.45) is 8.68. The second-order valence-electron chi connectivity index (χ2n) is 7.32. The van der Waals surface area contributed by atoms with E-state index in [0.717, 1.165) is 61.4 Å². The number of anilines is 1. The molecule has 0 radical (unpaired) electrons. The maximum Gasteiger partial charge on any atom is 0.225 e. The Morgan fingerprint density at radius 3 is 2.53 bits per heavy atom. The third-order valence-corrected chi connectivity index (χ3v) is 5.52. The van der Waals surface area contributed by atoms with Crippen LogP contribution in [0.25, 0.3) is 11.3 Å². The normalized spacial score (nSPS) is 10.3. The van der Waals surface area contributed by atoms with E-state index in [1.807, 2.05) is 37.3 Å². The summed E-state index contributed by atoms with van der Waals surface area (Å²) in [4.78, 5) is 30.2. The van der Waals surface area contributed by atoms with Crippen molar-refractivity contribution in [1.82, 2.24) is 15.3 Å². The maximum absolute atomic E-state index is 11.2. The zero-order chi connectivity index (χ0) is 23.2. The highest BCUT2D eigenvalue weighted by atomic mass is 32.1. The molecule has 0 unspecified atom stereocenters. The minimum absolute atomic E-state index is 0.0460. The molecule has 0 fully saturated rings. The van der Waals surface area contributed by atoms with Crippen molar-refractivity contribution in [3.05, 3.63) is 53.5 Å². The van der Waals surface area contributed by atoms with Gasteiger partial charge in [-0.3, -0.25) is 9.59 Å². The first-order valence-electron chi connectivity index (χ1n) is 10.9. The first-order valence-corrected chi connectivity index (χ1v) is 11.8. The molecule has 172 valence electrons. The van der Waals surface area contributed by atoms with E-state index in [9.17, 15) is 9.59 Å². The largest absolute Gasteiger partial charge is 0.441 e. The maximum atomic E-state index is 11.2. The third kappa shape index (κ3) is 9.43. The Labute approximate surface area is 193 Å². The summed E-state index contributed by atoms with van der Waals surface area (Å²) in [5, 5.41) is 4.79. The summed E-state index contributed by atoms with van der Waals surface area (Å²) < 4.78 is 5.77. The molecule has 8 heteroatoms. The van der Waals surface area contributed by atoms with Crippen molar-refractivity contribution in [2.24, 2.45) is 0 Å². The first kappa shape index (κ1) is 25.3. The van der Waals surface area contributed by atoms with Gasteiger partial charge in [-0.05, 0) is 12.8 Å². The van der Waals surface area contributed by atoms with Gasteiger partial charge in [-0.25, -0.2) is 9.97 Å². The number of amides is 1. The molecule has 1 aromatic carbocycles. The Kier molecular flexibility index (Phi) is 11.2. The van der Waals surface area contributed by atoms with Crippen LogP contribution in [0.3, 0.4) is 0 Å². The molecule has 2 aromatic heterocycles. The van der Waals surface area contributed by atoms with Crippen molar-refractivity contribution in [3.63, 3.8) is 0 Å². The van der Waals surface area contributed by atoms with Crippen LogP contribution in [-0.2, 0) is 22.4 Å². The highest BCUT2D eigenvalue weighted by Gasteiger charge is 2.06. The van der Waals surface area contributed by atoms with Gasteiger partial charge in [0.1, 0.15) is 5.78 Å². The van der Waals surface area contributed by atoms with Crippen molar-refractivity contribution < 1.29 is 14.0 Å². The van der Waals surface area contributed by atoms with Crippen molar-refractivity contribution in [1.29, 1.82) is 0 Å². The van der Waals surface area contributed by atoms with Crippen LogP contribution in [0.5, 0.6) is 0 Å². The van der Waals surface area contributed by atoms with Gasteiger partial charge in [0.25, 0.3) is 0 Å². The van der Waals surface area contributed by atoms with Crippen molar-refractivity contribution in [3.8, 4) is 11.3 Å². The molecule has 32 heavy (non-hydrogen) atoms.